The fourth-order valence-corrected chi connectivity index (χ4v) is 2.29. The number of nitrogens with two attached hydrogens (primary N) is 2. The van der Waals surface area contributed by atoms with E-state index in [9.17, 15) is 0 Å². The second kappa shape index (κ2) is 5.95. The van der Waals surface area contributed by atoms with Crippen LogP contribution in [0, 0.1) is 0 Å². The molecule has 0 radical (unpaired) electrons. The van der Waals surface area contributed by atoms with Gasteiger partial charge < -0.3 is 16.2 Å². The zero-order valence-corrected chi connectivity index (χ0v) is 11.5. The van der Waals surface area contributed by atoms with Crippen LogP contribution in [0.4, 0.5) is 5.69 Å². The number of hydrogen-bond acceptors (Lipinski definition) is 3. The van der Waals surface area contributed by atoms with Gasteiger partial charge in [-0.25, -0.2) is 0 Å². The highest BCUT2D eigenvalue weighted by Crippen LogP contribution is 2.32. The minimum atomic E-state index is -0.187. The van der Waals surface area contributed by atoms with E-state index in [0.29, 0.717) is 16.5 Å². The topological polar surface area (TPSA) is 61.3 Å². The first kappa shape index (κ1) is 13.7. The fraction of sp³-hybridized carbons (Fsp3) is 0.200. The number of hydrogen-bond donors (Lipinski definition) is 2. The molecule has 19 heavy (non-hydrogen) atoms. The molecule has 0 saturated heterocycles. The van der Waals surface area contributed by atoms with E-state index >= 15 is 0 Å². The number of nitrogen functional groups attached to an aromatic ring is 1. The molecule has 0 fully saturated rings. The Kier molecular flexibility index (Phi) is 4.30. The normalized spacial score (nSPS) is 12.2. The molecule has 100 valence electrons. The molecule has 0 aliphatic heterocycles. The van der Waals surface area contributed by atoms with Crippen molar-refractivity contribution in [3.05, 3.63) is 58.6 Å². The molecule has 3 nitrogen and oxygen atoms in total. The molecular formula is C15H17ClN2O. The van der Waals surface area contributed by atoms with Gasteiger partial charge in [-0.1, -0.05) is 41.9 Å². The molecule has 0 bridgehead atoms. The molecular weight excluding hydrogens is 260 g/mol. The van der Waals surface area contributed by atoms with Crippen LogP contribution in [0.5, 0.6) is 5.75 Å². The van der Waals surface area contributed by atoms with Crippen LogP contribution in [0.1, 0.15) is 17.2 Å². The summed E-state index contributed by atoms with van der Waals surface area (Å²) in [5.74, 6) is 0.592. The Labute approximate surface area is 118 Å². The quantitative estimate of drug-likeness (QED) is 0.843. The third-order valence-electron chi connectivity index (χ3n) is 3.06. The monoisotopic (exact) mass is 276 g/mol. The molecule has 0 spiro atoms. The standard InChI is InChI=1S/C15H17ClN2O/c1-19-15-8-11(14(18)9-12(15)16)13(17)7-10-5-3-2-4-6-10/h2-6,8-9,13H,7,17-18H2,1H3. The minimum Gasteiger partial charge on any atom is -0.495 e. The van der Waals surface area contributed by atoms with Gasteiger partial charge in [-0.15, -0.1) is 0 Å². The van der Waals surface area contributed by atoms with Crippen molar-refractivity contribution in [3.63, 3.8) is 0 Å². The summed E-state index contributed by atoms with van der Waals surface area (Å²) < 4.78 is 5.20. The number of ether oxygens (including phenoxy) is 1. The van der Waals surface area contributed by atoms with E-state index in [1.54, 1.807) is 13.2 Å². The van der Waals surface area contributed by atoms with Crippen molar-refractivity contribution in [2.24, 2.45) is 5.73 Å². The lowest BCUT2D eigenvalue weighted by Crippen LogP contribution is -2.15. The minimum absolute atomic E-state index is 0.187. The average Bonchev–Trinajstić information content (AvgIpc) is 2.40. The van der Waals surface area contributed by atoms with E-state index in [2.05, 4.69) is 0 Å². The Morgan fingerprint density at radius 3 is 2.53 bits per heavy atom. The molecule has 0 heterocycles. The summed E-state index contributed by atoms with van der Waals surface area (Å²) in [5, 5.41) is 0.496. The van der Waals surface area contributed by atoms with Crippen LogP contribution < -0.4 is 16.2 Å². The summed E-state index contributed by atoms with van der Waals surface area (Å²) in [5.41, 5.74) is 14.8. The van der Waals surface area contributed by atoms with Crippen molar-refractivity contribution in [2.75, 3.05) is 12.8 Å². The predicted octanol–water partition coefficient (Wildman–Crippen LogP) is 3.17. The Morgan fingerprint density at radius 1 is 1.21 bits per heavy atom. The first-order chi connectivity index (χ1) is 9.11. The molecule has 0 aliphatic rings. The van der Waals surface area contributed by atoms with Gasteiger partial charge in [-0.05, 0) is 29.7 Å². The van der Waals surface area contributed by atoms with Gasteiger partial charge in [0, 0.05) is 11.7 Å². The zero-order valence-electron chi connectivity index (χ0n) is 10.8. The molecule has 2 aromatic carbocycles. The van der Waals surface area contributed by atoms with Crippen molar-refractivity contribution in [1.29, 1.82) is 0 Å². The molecule has 0 aliphatic carbocycles. The highest BCUT2D eigenvalue weighted by Gasteiger charge is 2.14. The van der Waals surface area contributed by atoms with Crippen LogP contribution in [0.15, 0.2) is 42.5 Å². The number of methoxy groups -OCH3 is 1. The average molecular weight is 277 g/mol. The number of rotatable bonds is 4. The van der Waals surface area contributed by atoms with Gasteiger partial charge in [0.05, 0.1) is 12.1 Å². The van der Waals surface area contributed by atoms with E-state index in [0.717, 1.165) is 12.0 Å². The number of halogens is 1. The molecule has 0 amide bonds. The lowest BCUT2D eigenvalue weighted by Gasteiger charge is -2.16. The van der Waals surface area contributed by atoms with Crippen LogP contribution in [-0.4, -0.2) is 7.11 Å². The zero-order chi connectivity index (χ0) is 13.8. The van der Waals surface area contributed by atoms with Crippen LogP contribution in [-0.2, 0) is 6.42 Å². The first-order valence-electron chi connectivity index (χ1n) is 6.04. The maximum atomic E-state index is 6.22. The third-order valence-corrected chi connectivity index (χ3v) is 3.35. The van der Waals surface area contributed by atoms with E-state index in [-0.39, 0.29) is 6.04 Å². The Morgan fingerprint density at radius 2 is 1.89 bits per heavy atom. The van der Waals surface area contributed by atoms with E-state index in [1.165, 1.54) is 5.56 Å². The van der Waals surface area contributed by atoms with Gasteiger partial charge in [-0.2, -0.15) is 0 Å². The molecule has 4 N–H and O–H groups in total. The molecule has 4 heteroatoms. The van der Waals surface area contributed by atoms with E-state index in [4.69, 9.17) is 27.8 Å². The summed E-state index contributed by atoms with van der Waals surface area (Å²) in [4.78, 5) is 0. The van der Waals surface area contributed by atoms with Crippen LogP contribution in [0.2, 0.25) is 5.02 Å². The van der Waals surface area contributed by atoms with Gasteiger partial charge in [0.25, 0.3) is 0 Å². The highest BCUT2D eigenvalue weighted by atomic mass is 35.5. The summed E-state index contributed by atoms with van der Waals surface area (Å²) in [6, 6.07) is 13.4. The smallest absolute Gasteiger partial charge is 0.137 e. The SMILES string of the molecule is COc1cc(C(N)Cc2ccccc2)c(N)cc1Cl. The summed E-state index contributed by atoms with van der Waals surface area (Å²) >= 11 is 6.02. The second-order valence-corrected chi connectivity index (χ2v) is 4.82. The van der Waals surface area contributed by atoms with Gasteiger partial charge >= 0.3 is 0 Å². The van der Waals surface area contributed by atoms with Gasteiger partial charge in [0.2, 0.25) is 0 Å². The summed E-state index contributed by atoms with van der Waals surface area (Å²) in [6.45, 7) is 0. The van der Waals surface area contributed by atoms with Gasteiger partial charge in [0.15, 0.2) is 0 Å². The summed E-state index contributed by atoms with van der Waals surface area (Å²) in [7, 11) is 1.57. The lowest BCUT2D eigenvalue weighted by molar-refractivity contribution is 0.414. The van der Waals surface area contributed by atoms with E-state index < -0.39 is 0 Å². The molecule has 2 aromatic rings. The molecule has 1 unspecified atom stereocenters. The van der Waals surface area contributed by atoms with Gasteiger partial charge in [0.1, 0.15) is 5.75 Å². The Hall–Kier alpha value is -1.71. The van der Waals surface area contributed by atoms with Gasteiger partial charge in [-0.3, -0.25) is 0 Å². The lowest BCUT2D eigenvalue weighted by atomic mass is 9.98. The van der Waals surface area contributed by atoms with Crippen molar-refractivity contribution in [1.82, 2.24) is 0 Å². The molecule has 0 aromatic heterocycles. The van der Waals surface area contributed by atoms with Crippen molar-refractivity contribution >= 4 is 17.3 Å². The van der Waals surface area contributed by atoms with Crippen LogP contribution in [0.3, 0.4) is 0 Å². The highest BCUT2D eigenvalue weighted by molar-refractivity contribution is 6.32. The van der Waals surface area contributed by atoms with Crippen molar-refractivity contribution in [2.45, 2.75) is 12.5 Å². The summed E-state index contributed by atoms with van der Waals surface area (Å²) in [6.07, 6.45) is 0.718. The Balaban J connectivity index is 2.26. The predicted molar refractivity (Wildman–Crippen MR) is 79.5 cm³/mol. The number of benzene rings is 2. The maximum Gasteiger partial charge on any atom is 0.137 e. The van der Waals surface area contributed by atoms with Crippen LogP contribution >= 0.6 is 11.6 Å². The Bertz CT molecular complexity index is 558. The fourth-order valence-electron chi connectivity index (χ4n) is 2.04. The van der Waals surface area contributed by atoms with Crippen molar-refractivity contribution in [3.8, 4) is 5.75 Å². The van der Waals surface area contributed by atoms with E-state index in [1.807, 2.05) is 36.4 Å². The first-order valence-corrected chi connectivity index (χ1v) is 6.42. The maximum absolute atomic E-state index is 6.22. The molecule has 2 rings (SSSR count). The molecule has 0 saturated carbocycles. The second-order valence-electron chi connectivity index (χ2n) is 4.41. The largest absolute Gasteiger partial charge is 0.495 e. The third kappa shape index (κ3) is 3.19. The molecule has 1 atom stereocenters. The van der Waals surface area contributed by atoms with Crippen LogP contribution in [0.25, 0.3) is 0 Å². The van der Waals surface area contributed by atoms with Crippen molar-refractivity contribution < 1.29 is 4.74 Å². The number of anilines is 1.